The number of H-pyrrole nitrogens is 1. The highest BCUT2D eigenvalue weighted by Gasteiger charge is 2.14. The van der Waals surface area contributed by atoms with Crippen LogP contribution in [0.3, 0.4) is 0 Å². The Morgan fingerprint density at radius 3 is 2.72 bits per heavy atom. The highest BCUT2D eigenvalue weighted by molar-refractivity contribution is 6.29. The Balaban J connectivity index is 1.81. The standard InChI is InChI=1S/C16H14ClN5O3/c1-24-10-4-5-11(12(7-10)25-2)14-19-16(22-21-14)20-15(23)9-3-6-13(17)18-8-9/h3-8H,1-2H3,(H2,19,20,21,22,23). The molecule has 0 saturated carbocycles. The molecule has 0 atom stereocenters. The van der Waals surface area contributed by atoms with Crippen LogP contribution in [0.4, 0.5) is 5.95 Å². The van der Waals surface area contributed by atoms with Gasteiger partial charge in [-0.2, -0.15) is 4.98 Å². The fourth-order valence-corrected chi connectivity index (χ4v) is 2.23. The zero-order valence-corrected chi connectivity index (χ0v) is 14.2. The second-order valence-corrected chi connectivity index (χ2v) is 5.28. The van der Waals surface area contributed by atoms with Gasteiger partial charge >= 0.3 is 0 Å². The van der Waals surface area contributed by atoms with Crippen LogP contribution in [0.15, 0.2) is 36.5 Å². The molecule has 0 aliphatic rings. The van der Waals surface area contributed by atoms with Crippen molar-refractivity contribution < 1.29 is 14.3 Å². The summed E-state index contributed by atoms with van der Waals surface area (Å²) >= 11 is 5.70. The number of nitrogens with zero attached hydrogens (tertiary/aromatic N) is 3. The molecular formula is C16H14ClN5O3. The molecular weight excluding hydrogens is 346 g/mol. The van der Waals surface area contributed by atoms with E-state index >= 15 is 0 Å². The van der Waals surface area contributed by atoms with Crippen LogP contribution in [0.1, 0.15) is 10.4 Å². The lowest BCUT2D eigenvalue weighted by atomic mass is 10.2. The number of aromatic nitrogens is 4. The first kappa shape index (κ1) is 16.7. The highest BCUT2D eigenvalue weighted by Crippen LogP contribution is 2.31. The van der Waals surface area contributed by atoms with Crippen molar-refractivity contribution in [2.45, 2.75) is 0 Å². The number of carbonyl (C=O) groups excluding carboxylic acids is 1. The second-order valence-electron chi connectivity index (χ2n) is 4.90. The van der Waals surface area contributed by atoms with Gasteiger partial charge in [0.1, 0.15) is 16.7 Å². The lowest BCUT2D eigenvalue weighted by molar-refractivity contribution is 0.102. The van der Waals surface area contributed by atoms with Crippen molar-refractivity contribution in [3.8, 4) is 22.9 Å². The quantitative estimate of drug-likeness (QED) is 0.679. The van der Waals surface area contributed by atoms with Crippen LogP contribution in [-0.4, -0.2) is 40.3 Å². The van der Waals surface area contributed by atoms with Crippen LogP contribution in [-0.2, 0) is 0 Å². The second kappa shape index (κ2) is 7.18. The molecule has 0 unspecified atom stereocenters. The minimum Gasteiger partial charge on any atom is -0.497 e. The predicted molar refractivity (Wildman–Crippen MR) is 92.1 cm³/mol. The molecule has 2 aromatic heterocycles. The van der Waals surface area contributed by atoms with Crippen LogP contribution in [0, 0.1) is 0 Å². The van der Waals surface area contributed by atoms with Crippen molar-refractivity contribution in [1.29, 1.82) is 0 Å². The molecule has 0 fully saturated rings. The van der Waals surface area contributed by atoms with Crippen molar-refractivity contribution in [1.82, 2.24) is 20.2 Å². The summed E-state index contributed by atoms with van der Waals surface area (Å²) in [5.74, 6) is 1.41. The molecule has 3 rings (SSSR count). The van der Waals surface area contributed by atoms with E-state index in [9.17, 15) is 4.79 Å². The summed E-state index contributed by atoms with van der Waals surface area (Å²) < 4.78 is 10.5. The predicted octanol–water partition coefficient (Wildman–Crippen LogP) is 2.79. The van der Waals surface area contributed by atoms with Gasteiger partial charge in [-0.3, -0.25) is 15.2 Å². The number of amides is 1. The van der Waals surface area contributed by atoms with Gasteiger partial charge in [-0.15, -0.1) is 5.10 Å². The molecule has 8 nitrogen and oxygen atoms in total. The van der Waals surface area contributed by atoms with Gasteiger partial charge < -0.3 is 9.47 Å². The van der Waals surface area contributed by atoms with Crippen molar-refractivity contribution in [2.75, 3.05) is 19.5 Å². The summed E-state index contributed by atoms with van der Waals surface area (Å²) in [6, 6.07) is 8.38. The van der Waals surface area contributed by atoms with Crippen LogP contribution in [0.2, 0.25) is 5.15 Å². The number of methoxy groups -OCH3 is 2. The van der Waals surface area contributed by atoms with Gasteiger partial charge in [0, 0.05) is 12.3 Å². The summed E-state index contributed by atoms with van der Waals surface area (Å²) in [5.41, 5.74) is 1.03. The minimum atomic E-state index is -0.392. The van der Waals surface area contributed by atoms with E-state index < -0.39 is 5.91 Å². The van der Waals surface area contributed by atoms with Crippen molar-refractivity contribution in [3.05, 3.63) is 47.2 Å². The molecule has 128 valence electrons. The lowest BCUT2D eigenvalue weighted by Crippen LogP contribution is -2.13. The van der Waals surface area contributed by atoms with E-state index in [1.165, 1.54) is 12.3 Å². The maximum atomic E-state index is 12.1. The third kappa shape index (κ3) is 3.69. The third-order valence-corrected chi connectivity index (χ3v) is 3.59. The Labute approximate surface area is 148 Å². The Bertz CT molecular complexity index is 895. The number of pyridine rings is 1. The Kier molecular flexibility index (Phi) is 4.80. The van der Waals surface area contributed by atoms with E-state index in [1.807, 2.05) is 0 Å². The molecule has 0 spiro atoms. The summed E-state index contributed by atoms with van der Waals surface area (Å²) in [6.45, 7) is 0. The van der Waals surface area contributed by atoms with Crippen LogP contribution < -0.4 is 14.8 Å². The molecule has 9 heteroatoms. The summed E-state index contributed by atoms with van der Waals surface area (Å²) in [6.07, 6.45) is 1.37. The average Bonchev–Trinajstić information content (AvgIpc) is 3.09. The zero-order valence-electron chi connectivity index (χ0n) is 13.4. The zero-order chi connectivity index (χ0) is 17.8. The van der Waals surface area contributed by atoms with Gasteiger partial charge in [0.05, 0.1) is 25.3 Å². The average molecular weight is 360 g/mol. The Hall–Kier alpha value is -3.13. The summed E-state index contributed by atoms with van der Waals surface area (Å²) in [4.78, 5) is 20.3. The molecule has 0 radical (unpaired) electrons. The molecule has 0 bridgehead atoms. The number of halogens is 1. The number of hydrogen-bond donors (Lipinski definition) is 2. The van der Waals surface area contributed by atoms with Crippen molar-refractivity contribution >= 4 is 23.5 Å². The molecule has 2 heterocycles. The van der Waals surface area contributed by atoms with Gasteiger partial charge in [-0.25, -0.2) is 4.98 Å². The first-order chi connectivity index (χ1) is 12.1. The van der Waals surface area contributed by atoms with E-state index in [2.05, 4.69) is 25.5 Å². The SMILES string of the molecule is COc1ccc(-c2nc(NC(=O)c3ccc(Cl)nc3)n[nH]2)c(OC)c1. The monoisotopic (exact) mass is 359 g/mol. The summed E-state index contributed by atoms with van der Waals surface area (Å²) in [7, 11) is 3.12. The number of benzene rings is 1. The maximum absolute atomic E-state index is 12.1. The number of anilines is 1. The van der Waals surface area contributed by atoms with Crippen molar-refractivity contribution in [3.63, 3.8) is 0 Å². The van der Waals surface area contributed by atoms with Gasteiger partial charge in [-0.1, -0.05) is 11.6 Å². The Morgan fingerprint density at radius 1 is 1.20 bits per heavy atom. The minimum absolute atomic E-state index is 0.132. The number of aromatic amines is 1. The molecule has 25 heavy (non-hydrogen) atoms. The van der Waals surface area contributed by atoms with Crippen LogP contribution in [0.5, 0.6) is 11.5 Å². The highest BCUT2D eigenvalue weighted by atomic mass is 35.5. The van der Waals surface area contributed by atoms with Crippen LogP contribution in [0.25, 0.3) is 11.4 Å². The van der Waals surface area contributed by atoms with Gasteiger partial charge in [0.15, 0.2) is 5.82 Å². The fraction of sp³-hybridized carbons (Fsp3) is 0.125. The molecule has 2 N–H and O–H groups in total. The topological polar surface area (TPSA) is 102 Å². The molecule has 3 aromatic rings. The number of nitrogens with one attached hydrogen (secondary N) is 2. The first-order valence-electron chi connectivity index (χ1n) is 7.18. The van der Waals surface area contributed by atoms with E-state index in [4.69, 9.17) is 21.1 Å². The molecule has 1 aromatic carbocycles. The van der Waals surface area contributed by atoms with Gasteiger partial charge in [0.25, 0.3) is 5.91 Å². The largest absolute Gasteiger partial charge is 0.497 e. The van der Waals surface area contributed by atoms with Crippen LogP contribution >= 0.6 is 11.6 Å². The Morgan fingerprint density at radius 2 is 2.04 bits per heavy atom. The van der Waals surface area contributed by atoms with Crippen molar-refractivity contribution in [2.24, 2.45) is 0 Å². The number of hydrogen-bond acceptors (Lipinski definition) is 6. The fourth-order valence-electron chi connectivity index (χ4n) is 2.12. The van der Waals surface area contributed by atoms with E-state index in [1.54, 1.807) is 38.5 Å². The molecule has 0 aliphatic carbocycles. The maximum Gasteiger partial charge on any atom is 0.259 e. The normalized spacial score (nSPS) is 10.4. The van der Waals surface area contributed by atoms with E-state index in [0.717, 1.165) is 0 Å². The number of carbonyl (C=O) groups is 1. The first-order valence-corrected chi connectivity index (χ1v) is 7.56. The van der Waals surface area contributed by atoms with E-state index in [0.29, 0.717) is 33.6 Å². The number of ether oxygens (including phenoxy) is 2. The summed E-state index contributed by atoms with van der Waals surface area (Å²) in [5, 5.41) is 9.65. The van der Waals surface area contributed by atoms with Gasteiger partial charge in [0.2, 0.25) is 5.95 Å². The smallest absolute Gasteiger partial charge is 0.259 e. The lowest BCUT2D eigenvalue weighted by Gasteiger charge is -2.07. The number of rotatable bonds is 5. The third-order valence-electron chi connectivity index (χ3n) is 3.36. The van der Waals surface area contributed by atoms with Gasteiger partial charge in [-0.05, 0) is 24.3 Å². The molecule has 0 aliphatic heterocycles. The van der Waals surface area contributed by atoms with E-state index in [-0.39, 0.29) is 5.95 Å². The molecule has 1 amide bonds. The molecule has 0 saturated heterocycles.